The minimum absolute atomic E-state index is 0.325. The Balaban J connectivity index is 2.41. The first-order chi connectivity index (χ1) is 8.63. The zero-order chi connectivity index (χ0) is 13.4. The van der Waals surface area contributed by atoms with Crippen molar-refractivity contribution in [2.24, 2.45) is 0 Å². The van der Waals surface area contributed by atoms with E-state index in [1.54, 1.807) is 11.8 Å². The molecule has 1 N–H and O–H groups in total. The van der Waals surface area contributed by atoms with E-state index < -0.39 is 0 Å². The van der Waals surface area contributed by atoms with E-state index in [-0.39, 0.29) is 0 Å². The molecule has 1 aromatic carbocycles. The van der Waals surface area contributed by atoms with Gasteiger partial charge in [-0.2, -0.15) is 0 Å². The second-order valence-corrected chi connectivity index (χ2v) is 6.23. The summed E-state index contributed by atoms with van der Waals surface area (Å²) in [6.07, 6.45) is 1.04. The van der Waals surface area contributed by atoms with Crippen LogP contribution in [0.25, 0.3) is 0 Å². The van der Waals surface area contributed by atoms with Gasteiger partial charge < -0.3 is 10.2 Å². The van der Waals surface area contributed by atoms with Gasteiger partial charge in [-0.05, 0) is 26.1 Å². The molecule has 0 saturated carbocycles. The third kappa shape index (κ3) is 5.85. The Hall–Kier alpha value is -0.580. The van der Waals surface area contributed by atoms with Crippen molar-refractivity contribution in [3.8, 4) is 0 Å². The van der Waals surface area contributed by atoms with Crippen molar-refractivity contribution in [1.82, 2.24) is 10.2 Å². The third-order valence-electron chi connectivity index (χ3n) is 2.67. The van der Waals surface area contributed by atoms with E-state index in [0.29, 0.717) is 6.04 Å². The molecule has 0 spiro atoms. The molecule has 1 unspecified atom stereocenters. The average molecular weight is 282 g/mol. The summed E-state index contributed by atoms with van der Waals surface area (Å²) in [5.74, 6) is 1.03. The fourth-order valence-corrected chi connectivity index (χ4v) is 2.87. The summed E-state index contributed by atoms with van der Waals surface area (Å²) in [4.78, 5) is 2.17. The quantitative estimate of drug-likeness (QED) is 0.805. The number of hydrogen-bond acceptors (Lipinski definition) is 3. The molecule has 0 aliphatic rings. The average Bonchev–Trinajstić information content (AvgIpc) is 2.36. The maximum atomic E-state index is 5.38. The number of rotatable bonds is 6. The Morgan fingerprint density at radius 1 is 1.33 bits per heavy atom. The molecule has 0 saturated heterocycles. The largest absolute Gasteiger partial charge is 0.364 e. The molecule has 0 fully saturated rings. The van der Waals surface area contributed by atoms with Gasteiger partial charge in [-0.25, -0.2) is 0 Å². The van der Waals surface area contributed by atoms with Crippen LogP contribution in [-0.4, -0.2) is 35.6 Å². The van der Waals surface area contributed by atoms with Crippen LogP contribution >= 0.6 is 24.0 Å². The van der Waals surface area contributed by atoms with Gasteiger partial charge in [-0.1, -0.05) is 61.2 Å². The molecule has 18 heavy (non-hydrogen) atoms. The second kappa shape index (κ2) is 8.51. The number of benzene rings is 1. The molecule has 2 nitrogen and oxygen atoms in total. The summed E-state index contributed by atoms with van der Waals surface area (Å²) < 4.78 is 0.896. The molecule has 1 rings (SSSR count). The number of nitrogens with zero attached hydrogens (tertiary/aromatic N) is 1. The lowest BCUT2D eigenvalue weighted by molar-refractivity contribution is 0.437. The van der Waals surface area contributed by atoms with E-state index >= 15 is 0 Å². The number of thiocarbonyl (C=S) groups is 1. The van der Waals surface area contributed by atoms with Crippen molar-refractivity contribution in [2.75, 3.05) is 26.4 Å². The van der Waals surface area contributed by atoms with Gasteiger partial charge in [0.2, 0.25) is 0 Å². The molecule has 1 aromatic rings. The monoisotopic (exact) mass is 282 g/mol. The van der Waals surface area contributed by atoms with Crippen LogP contribution < -0.4 is 5.32 Å². The normalized spacial score (nSPS) is 12.4. The van der Waals surface area contributed by atoms with Crippen molar-refractivity contribution in [2.45, 2.75) is 19.4 Å². The Kier molecular flexibility index (Phi) is 7.32. The Morgan fingerprint density at radius 3 is 2.56 bits per heavy atom. The lowest BCUT2D eigenvalue weighted by atomic mass is 10.1. The molecule has 0 aromatic heterocycles. The van der Waals surface area contributed by atoms with Crippen molar-refractivity contribution >= 4 is 28.3 Å². The molecule has 0 amide bonds. The lowest BCUT2D eigenvalue weighted by Gasteiger charge is -2.19. The molecule has 0 aliphatic heterocycles. The smallest absolute Gasteiger partial charge is 0.134 e. The fourth-order valence-electron chi connectivity index (χ4n) is 1.61. The van der Waals surface area contributed by atoms with Crippen LogP contribution in [0.4, 0.5) is 0 Å². The first-order valence-electron chi connectivity index (χ1n) is 6.26. The first-order valence-corrected chi connectivity index (χ1v) is 7.65. The van der Waals surface area contributed by atoms with Gasteiger partial charge in [0.1, 0.15) is 4.32 Å². The second-order valence-electron chi connectivity index (χ2n) is 4.46. The highest BCUT2D eigenvalue weighted by Gasteiger charge is 2.10. The van der Waals surface area contributed by atoms with Gasteiger partial charge >= 0.3 is 0 Å². The van der Waals surface area contributed by atoms with Crippen molar-refractivity contribution in [3.05, 3.63) is 35.9 Å². The molecule has 0 radical (unpaired) electrons. The standard InChI is InChI=1S/C14H22N2S2/c1-4-13(12-8-6-5-7-9-12)15-14(17)18-11-10-16(2)3/h5-9,13H,4,10-11H2,1-3H3,(H,15,17). The van der Waals surface area contributed by atoms with Crippen LogP contribution in [0.3, 0.4) is 0 Å². The van der Waals surface area contributed by atoms with Gasteiger partial charge in [0, 0.05) is 12.3 Å². The molecule has 1 atom stereocenters. The summed E-state index contributed by atoms with van der Waals surface area (Å²) >= 11 is 7.10. The third-order valence-corrected chi connectivity index (χ3v) is 3.91. The molecule has 0 aliphatic carbocycles. The van der Waals surface area contributed by atoms with Crippen LogP contribution in [0.2, 0.25) is 0 Å². The van der Waals surface area contributed by atoms with Crippen molar-refractivity contribution in [3.63, 3.8) is 0 Å². The predicted octanol–water partition coefficient (Wildman–Crippen LogP) is 3.31. The van der Waals surface area contributed by atoms with Gasteiger partial charge in [0.05, 0.1) is 6.04 Å². The van der Waals surface area contributed by atoms with E-state index in [2.05, 4.69) is 55.5 Å². The zero-order valence-electron chi connectivity index (χ0n) is 11.3. The van der Waals surface area contributed by atoms with Gasteiger partial charge in [-0.3, -0.25) is 0 Å². The van der Waals surface area contributed by atoms with E-state index in [0.717, 1.165) is 23.0 Å². The van der Waals surface area contributed by atoms with E-state index in [1.165, 1.54) is 5.56 Å². The van der Waals surface area contributed by atoms with E-state index in [9.17, 15) is 0 Å². The molecular formula is C14H22N2S2. The summed E-state index contributed by atoms with van der Waals surface area (Å²) in [6, 6.07) is 10.8. The van der Waals surface area contributed by atoms with Gasteiger partial charge in [0.25, 0.3) is 0 Å². The summed E-state index contributed by atoms with van der Waals surface area (Å²) in [6.45, 7) is 3.23. The van der Waals surface area contributed by atoms with Crippen LogP contribution in [0.15, 0.2) is 30.3 Å². The van der Waals surface area contributed by atoms with Crippen molar-refractivity contribution < 1.29 is 0 Å². The van der Waals surface area contributed by atoms with Gasteiger partial charge in [-0.15, -0.1) is 0 Å². The van der Waals surface area contributed by atoms with Gasteiger partial charge in [0.15, 0.2) is 0 Å². The maximum absolute atomic E-state index is 5.38. The number of hydrogen-bond donors (Lipinski definition) is 1. The lowest BCUT2D eigenvalue weighted by Crippen LogP contribution is -2.25. The molecular weight excluding hydrogens is 260 g/mol. The van der Waals surface area contributed by atoms with E-state index in [4.69, 9.17) is 12.2 Å². The van der Waals surface area contributed by atoms with E-state index in [1.807, 2.05) is 6.07 Å². The maximum Gasteiger partial charge on any atom is 0.134 e. The minimum Gasteiger partial charge on any atom is -0.364 e. The molecule has 4 heteroatoms. The molecule has 0 heterocycles. The van der Waals surface area contributed by atoms with Crippen LogP contribution in [0.1, 0.15) is 24.9 Å². The number of nitrogens with one attached hydrogen (secondary N) is 1. The van der Waals surface area contributed by atoms with Crippen LogP contribution in [-0.2, 0) is 0 Å². The predicted molar refractivity (Wildman–Crippen MR) is 86.2 cm³/mol. The molecule has 100 valence electrons. The highest BCUT2D eigenvalue weighted by atomic mass is 32.2. The van der Waals surface area contributed by atoms with Crippen LogP contribution in [0, 0.1) is 0 Å². The first kappa shape index (κ1) is 15.5. The summed E-state index contributed by atoms with van der Waals surface area (Å²) in [5, 5.41) is 3.43. The van der Waals surface area contributed by atoms with Crippen molar-refractivity contribution in [1.29, 1.82) is 0 Å². The molecule has 0 bridgehead atoms. The van der Waals surface area contributed by atoms with Crippen LogP contribution in [0.5, 0.6) is 0 Å². The topological polar surface area (TPSA) is 15.3 Å². The minimum atomic E-state index is 0.325. The Morgan fingerprint density at radius 2 is 2.00 bits per heavy atom. The summed E-state index contributed by atoms with van der Waals surface area (Å²) in [7, 11) is 4.16. The fraction of sp³-hybridized carbons (Fsp3) is 0.500. The summed E-state index contributed by atoms with van der Waals surface area (Å²) in [5.41, 5.74) is 1.30. The highest BCUT2D eigenvalue weighted by molar-refractivity contribution is 8.22. The Bertz CT molecular complexity index is 352. The highest BCUT2D eigenvalue weighted by Crippen LogP contribution is 2.17. The Labute approximate surface area is 120 Å². The SMILES string of the molecule is CCC(NC(=S)SCCN(C)C)c1ccccc1. The number of thioether (sulfide) groups is 1. The zero-order valence-corrected chi connectivity index (χ0v) is 13.0.